The van der Waals surface area contributed by atoms with Gasteiger partial charge in [-0.1, -0.05) is 0 Å². The zero-order chi connectivity index (χ0) is 11.3. The molecule has 7 nitrogen and oxygen atoms in total. The van der Waals surface area contributed by atoms with Crippen LogP contribution in [0.25, 0.3) is 0 Å². The van der Waals surface area contributed by atoms with Gasteiger partial charge in [0.15, 0.2) is 0 Å². The van der Waals surface area contributed by atoms with Crippen LogP contribution in [-0.4, -0.2) is 33.8 Å². The zero-order valence-corrected chi connectivity index (χ0v) is 7.73. The lowest BCUT2D eigenvalue weighted by molar-refractivity contribution is -0.153. The maximum atomic E-state index is 10.8. The van der Waals surface area contributed by atoms with Crippen molar-refractivity contribution in [3.63, 3.8) is 0 Å². The van der Waals surface area contributed by atoms with E-state index in [1.807, 2.05) is 5.43 Å². The van der Waals surface area contributed by atoms with Crippen LogP contribution in [-0.2, 0) is 19.2 Å². The molecule has 0 aromatic rings. The minimum Gasteiger partial charge on any atom is -0.481 e. The van der Waals surface area contributed by atoms with Crippen LogP contribution in [0.3, 0.4) is 0 Å². The summed E-state index contributed by atoms with van der Waals surface area (Å²) in [5, 5.41) is 8.67. The van der Waals surface area contributed by atoms with E-state index in [9.17, 15) is 19.2 Å². The quantitative estimate of drug-likeness (QED) is 0.436. The third-order valence-corrected chi connectivity index (χ3v) is 1.18. The van der Waals surface area contributed by atoms with Crippen molar-refractivity contribution >= 4 is 23.7 Å². The van der Waals surface area contributed by atoms with Crippen LogP contribution in [0.4, 0.5) is 0 Å². The number of carbonyl (C=O) groups excluding carboxylic acids is 3. The maximum Gasteiger partial charge on any atom is 0.312 e. The molecule has 0 saturated heterocycles. The molecule has 0 rings (SSSR count). The summed E-state index contributed by atoms with van der Waals surface area (Å²) in [5.41, 5.74) is 1.86. The van der Waals surface area contributed by atoms with Crippen LogP contribution in [0.15, 0.2) is 0 Å². The van der Waals surface area contributed by atoms with Crippen molar-refractivity contribution in [3.05, 3.63) is 0 Å². The molecule has 0 saturated carbocycles. The summed E-state index contributed by atoms with van der Waals surface area (Å²) >= 11 is 0. The SMILES string of the molecule is CC(=O)N(NC(=O)CC(=O)O)C(C)=O. The molecule has 3 amide bonds. The van der Waals surface area contributed by atoms with Crippen LogP contribution in [0.1, 0.15) is 20.3 Å². The Bertz CT molecular complexity index is 272. The van der Waals surface area contributed by atoms with Gasteiger partial charge in [-0.25, -0.2) is 0 Å². The smallest absolute Gasteiger partial charge is 0.312 e. The van der Waals surface area contributed by atoms with E-state index in [0.717, 1.165) is 13.8 Å². The molecule has 7 heteroatoms. The first kappa shape index (κ1) is 12.1. The molecule has 2 N–H and O–H groups in total. The minimum absolute atomic E-state index is 0.450. The summed E-state index contributed by atoms with van der Waals surface area (Å²) in [4.78, 5) is 42.4. The highest BCUT2D eigenvalue weighted by atomic mass is 16.4. The van der Waals surface area contributed by atoms with Crippen molar-refractivity contribution in [2.24, 2.45) is 0 Å². The fourth-order valence-corrected chi connectivity index (χ4v) is 0.681. The molecule has 0 aliphatic heterocycles. The van der Waals surface area contributed by atoms with E-state index >= 15 is 0 Å². The Morgan fingerprint density at radius 2 is 1.57 bits per heavy atom. The molecule has 0 spiro atoms. The van der Waals surface area contributed by atoms with Crippen molar-refractivity contribution in [2.45, 2.75) is 20.3 Å². The average molecular weight is 202 g/mol. The predicted octanol–water partition coefficient (Wildman–Crippen LogP) is -1.11. The van der Waals surface area contributed by atoms with Crippen molar-refractivity contribution in [3.8, 4) is 0 Å². The lowest BCUT2D eigenvalue weighted by Gasteiger charge is -2.16. The molecule has 14 heavy (non-hydrogen) atoms. The Morgan fingerprint density at radius 1 is 1.14 bits per heavy atom. The molecular weight excluding hydrogens is 192 g/mol. The first-order chi connectivity index (χ1) is 6.34. The normalized spacial score (nSPS) is 9.00. The molecule has 78 valence electrons. The lowest BCUT2D eigenvalue weighted by atomic mass is 10.4. The number of nitrogens with zero attached hydrogens (tertiary/aromatic N) is 1. The number of hydrogen-bond donors (Lipinski definition) is 2. The Labute approximate surface area is 79.6 Å². The maximum absolute atomic E-state index is 10.8. The Kier molecular flexibility index (Phi) is 4.27. The third kappa shape index (κ3) is 4.19. The van der Waals surface area contributed by atoms with Crippen LogP contribution in [0, 0.1) is 0 Å². The Morgan fingerprint density at radius 3 is 1.86 bits per heavy atom. The molecule has 0 aliphatic carbocycles. The largest absolute Gasteiger partial charge is 0.481 e. The van der Waals surface area contributed by atoms with E-state index in [0.29, 0.717) is 5.01 Å². The monoisotopic (exact) mass is 202 g/mol. The minimum atomic E-state index is -1.34. The number of carbonyl (C=O) groups is 4. The number of carboxylic acids is 1. The number of amides is 3. The molecular formula is C7H10N2O5. The standard InChI is InChI=1S/C7H10N2O5/c1-4(10)9(5(2)11)8-6(12)3-7(13)14/h3H2,1-2H3,(H,8,12)(H,13,14). The molecule has 0 atom stereocenters. The van der Waals surface area contributed by atoms with E-state index in [1.165, 1.54) is 0 Å². The van der Waals surface area contributed by atoms with Gasteiger partial charge in [-0.15, -0.1) is 0 Å². The Balaban J connectivity index is 4.31. The van der Waals surface area contributed by atoms with Gasteiger partial charge in [0.1, 0.15) is 6.42 Å². The summed E-state index contributed by atoms with van der Waals surface area (Å²) in [6.07, 6.45) is -0.795. The number of rotatable bonds is 2. The average Bonchev–Trinajstić information content (AvgIpc) is 1.97. The number of hydrazine groups is 1. The summed E-state index contributed by atoms with van der Waals surface area (Å²) in [5.74, 6) is -3.63. The Hall–Kier alpha value is -1.92. The number of carboxylic acid groups (broad SMARTS) is 1. The lowest BCUT2D eigenvalue weighted by Crippen LogP contribution is -2.48. The topological polar surface area (TPSA) is 104 Å². The van der Waals surface area contributed by atoms with Gasteiger partial charge in [0.05, 0.1) is 0 Å². The van der Waals surface area contributed by atoms with Gasteiger partial charge in [-0.05, 0) is 0 Å². The van der Waals surface area contributed by atoms with Crippen molar-refractivity contribution in [1.82, 2.24) is 10.4 Å². The second-order valence-electron chi connectivity index (χ2n) is 2.48. The number of imide groups is 1. The summed E-state index contributed by atoms with van der Waals surface area (Å²) in [7, 11) is 0. The van der Waals surface area contributed by atoms with Gasteiger partial charge in [0, 0.05) is 13.8 Å². The van der Waals surface area contributed by atoms with Crippen molar-refractivity contribution in [2.75, 3.05) is 0 Å². The van der Waals surface area contributed by atoms with Gasteiger partial charge in [-0.2, -0.15) is 5.01 Å². The number of hydrogen-bond acceptors (Lipinski definition) is 4. The first-order valence-corrected chi connectivity index (χ1v) is 3.67. The fraction of sp³-hybridized carbons (Fsp3) is 0.429. The second kappa shape index (κ2) is 4.95. The molecule has 0 radical (unpaired) electrons. The molecule has 0 fully saturated rings. The predicted molar refractivity (Wildman–Crippen MR) is 43.6 cm³/mol. The zero-order valence-electron chi connectivity index (χ0n) is 7.73. The number of nitrogens with one attached hydrogen (secondary N) is 1. The molecule has 0 unspecified atom stereocenters. The molecule has 0 aromatic heterocycles. The summed E-state index contributed by atoms with van der Waals surface area (Å²) < 4.78 is 0. The van der Waals surface area contributed by atoms with Crippen molar-refractivity contribution < 1.29 is 24.3 Å². The van der Waals surface area contributed by atoms with Crippen LogP contribution in [0.5, 0.6) is 0 Å². The summed E-state index contributed by atoms with van der Waals surface area (Å²) in [6, 6.07) is 0. The highest BCUT2D eigenvalue weighted by molar-refractivity contribution is 5.98. The van der Waals surface area contributed by atoms with Gasteiger partial charge < -0.3 is 5.11 Å². The third-order valence-electron chi connectivity index (χ3n) is 1.18. The first-order valence-electron chi connectivity index (χ1n) is 3.67. The van der Waals surface area contributed by atoms with Crippen LogP contribution in [0.2, 0.25) is 0 Å². The highest BCUT2D eigenvalue weighted by Crippen LogP contribution is 1.88. The van der Waals surface area contributed by atoms with E-state index in [4.69, 9.17) is 5.11 Å². The highest BCUT2D eigenvalue weighted by Gasteiger charge is 2.17. The number of aliphatic carboxylic acids is 1. The van der Waals surface area contributed by atoms with E-state index in [-0.39, 0.29) is 0 Å². The van der Waals surface area contributed by atoms with Crippen molar-refractivity contribution in [1.29, 1.82) is 0 Å². The van der Waals surface area contributed by atoms with Gasteiger partial charge in [0.2, 0.25) is 17.7 Å². The van der Waals surface area contributed by atoms with E-state index < -0.39 is 30.1 Å². The van der Waals surface area contributed by atoms with Gasteiger partial charge >= 0.3 is 5.97 Å². The summed E-state index contributed by atoms with van der Waals surface area (Å²) in [6.45, 7) is 2.14. The second-order valence-corrected chi connectivity index (χ2v) is 2.48. The van der Waals surface area contributed by atoms with E-state index in [2.05, 4.69) is 0 Å². The van der Waals surface area contributed by atoms with Gasteiger partial charge in [0.25, 0.3) is 0 Å². The molecule has 0 aromatic carbocycles. The van der Waals surface area contributed by atoms with Crippen LogP contribution < -0.4 is 5.43 Å². The fourth-order valence-electron chi connectivity index (χ4n) is 0.681. The van der Waals surface area contributed by atoms with Gasteiger partial charge in [-0.3, -0.25) is 24.6 Å². The molecule has 0 bridgehead atoms. The molecule has 0 aliphatic rings. The molecule has 0 heterocycles. The van der Waals surface area contributed by atoms with E-state index in [1.54, 1.807) is 0 Å². The van der Waals surface area contributed by atoms with Crippen LogP contribution >= 0.6 is 0 Å².